The second-order valence-electron chi connectivity index (χ2n) is 8.21. The summed E-state index contributed by atoms with van der Waals surface area (Å²) in [5.41, 5.74) is 3.69. The number of thioether (sulfide) groups is 1. The number of carbonyl (C=O) groups excluding carboxylic acids is 3. The third kappa shape index (κ3) is 5.52. The zero-order valence-corrected chi connectivity index (χ0v) is 20.1. The molecule has 2 aliphatic heterocycles. The molecule has 10 nitrogen and oxygen atoms in total. The summed E-state index contributed by atoms with van der Waals surface area (Å²) in [7, 11) is 0. The molecule has 2 saturated heterocycles. The number of ether oxygens (including phenoxy) is 1. The number of anilines is 2. The molecule has 3 amide bonds. The number of nitrogens with zero attached hydrogens (tertiary/aromatic N) is 3. The molecule has 0 unspecified atom stereocenters. The number of nitrogens with one attached hydrogen (secondary N) is 1. The highest BCUT2D eigenvalue weighted by atomic mass is 32.2. The minimum absolute atomic E-state index is 0.101. The predicted octanol–water partition coefficient (Wildman–Crippen LogP) is 3.72. The number of morpholine rings is 1. The van der Waals surface area contributed by atoms with Crippen molar-refractivity contribution in [2.75, 3.05) is 43.1 Å². The van der Waals surface area contributed by atoms with E-state index in [1.54, 1.807) is 12.1 Å². The molecule has 11 heteroatoms. The second-order valence-corrected chi connectivity index (χ2v) is 9.21. The number of nitro benzene ring substituents is 1. The van der Waals surface area contributed by atoms with E-state index in [-0.39, 0.29) is 10.6 Å². The third-order valence-electron chi connectivity index (χ3n) is 5.83. The van der Waals surface area contributed by atoms with Crippen LogP contribution in [0.4, 0.5) is 21.9 Å². The van der Waals surface area contributed by atoms with Crippen LogP contribution in [-0.2, 0) is 14.3 Å². The van der Waals surface area contributed by atoms with Crippen LogP contribution in [0.5, 0.6) is 0 Å². The van der Waals surface area contributed by atoms with Crippen LogP contribution in [0.15, 0.2) is 41.3 Å². The molecule has 4 rings (SSSR count). The number of rotatable bonds is 6. The SMILES string of the molecule is Cc1ccc(NC(=O)CN2C(=O)S/C(=C\c3cc([N+](=O)[O-])ccc3N3CCOCC3)C2=O)cc1C. The standard InChI is InChI=1S/C24H24N4O6S/c1-15-3-4-18(11-16(15)2)25-22(29)14-27-23(30)21(35-24(27)31)13-17-12-19(28(32)33)5-6-20(17)26-7-9-34-10-8-26/h3-6,11-13H,7-10,14H2,1-2H3,(H,25,29)/b21-13-. The van der Waals surface area contributed by atoms with E-state index in [0.717, 1.165) is 16.0 Å². The van der Waals surface area contributed by atoms with Gasteiger partial charge in [-0.15, -0.1) is 0 Å². The largest absolute Gasteiger partial charge is 0.378 e. The molecule has 2 aromatic rings. The lowest BCUT2D eigenvalue weighted by Gasteiger charge is -2.30. The third-order valence-corrected chi connectivity index (χ3v) is 6.73. The Morgan fingerprint density at radius 1 is 1.14 bits per heavy atom. The van der Waals surface area contributed by atoms with Gasteiger partial charge in [-0.25, -0.2) is 0 Å². The van der Waals surface area contributed by atoms with Crippen molar-refractivity contribution in [2.45, 2.75) is 13.8 Å². The molecule has 0 aliphatic carbocycles. The van der Waals surface area contributed by atoms with Gasteiger partial charge in [-0.05, 0) is 61.0 Å². The Bertz CT molecular complexity index is 1240. The maximum atomic E-state index is 13.0. The van der Waals surface area contributed by atoms with Crippen LogP contribution >= 0.6 is 11.8 Å². The molecular weight excluding hydrogens is 472 g/mol. The lowest BCUT2D eigenvalue weighted by molar-refractivity contribution is -0.384. The maximum Gasteiger partial charge on any atom is 0.294 e. The summed E-state index contributed by atoms with van der Waals surface area (Å²) in [6.07, 6.45) is 1.48. The second kappa shape index (κ2) is 10.3. The highest BCUT2D eigenvalue weighted by Gasteiger charge is 2.36. The van der Waals surface area contributed by atoms with Gasteiger partial charge in [0.15, 0.2) is 0 Å². The molecule has 2 fully saturated rings. The number of hydrogen-bond donors (Lipinski definition) is 1. The van der Waals surface area contributed by atoms with Crippen molar-refractivity contribution in [3.63, 3.8) is 0 Å². The molecule has 2 aliphatic rings. The highest BCUT2D eigenvalue weighted by molar-refractivity contribution is 8.18. The van der Waals surface area contributed by atoms with Gasteiger partial charge in [-0.1, -0.05) is 6.07 Å². The zero-order valence-electron chi connectivity index (χ0n) is 19.3. The normalized spacial score (nSPS) is 17.3. The monoisotopic (exact) mass is 496 g/mol. The summed E-state index contributed by atoms with van der Waals surface area (Å²) < 4.78 is 5.38. The van der Waals surface area contributed by atoms with Gasteiger partial charge in [0, 0.05) is 42.2 Å². The molecule has 2 heterocycles. The number of hydrogen-bond acceptors (Lipinski definition) is 8. The Balaban J connectivity index is 1.55. The molecule has 0 aromatic heterocycles. The van der Waals surface area contributed by atoms with Crippen molar-refractivity contribution in [2.24, 2.45) is 0 Å². The van der Waals surface area contributed by atoms with Crippen LogP contribution in [0, 0.1) is 24.0 Å². The number of imide groups is 1. The molecule has 0 radical (unpaired) electrons. The molecule has 182 valence electrons. The van der Waals surface area contributed by atoms with E-state index in [1.807, 2.05) is 30.9 Å². The van der Waals surface area contributed by atoms with E-state index < -0.39 is 28.5 Å². The first-order valence-electron chi connectivity index (χ1n) is 11.0. The van der Waals surface area contributed by atoms with E-state index in [4.69, 9.17) is 4.74 Å². The van der Waals surface area contributed by atoms with Crippen LogP contribution < -0.4 is 10.2 Å². The minimum Gasteiger partial charge on any atom is -0.378 e. The topological polar surface area (TPSA) is 122 Å². The number of non-ortho nitro benzene ring substituents is 1. The van der Waals surface area contributed by atoms with Crippen molar-refractivity contribution >= 4 is 52.0 Å². The number of carbonyl (C=O) groups is 3. The van der Waals surface area contributed by atoms with Gasteiger partial charge in [-0.2, -0.15) is 0 Å². The molecule has 0 spiro atoms. The molecule has 0 bridgehead atoms. The van der Waals surface area contributed by atoms with Crippen molar-refractivity contribution in [3.05, 3.63) is 68.1 Å². The Kier molecular flexibility index (Phi) is 7.17. The first-order valence-corrected chi connectivity index (χ1v) is 11.8. The summed E-state index contributed by atoms with van der Waals surface area (Å²) >= 11 is 0.704. The average Bonchev–Trinajstić information content (AvgIpc) is 3.09. The van der Waals surface area contributed by atoms with E-state index >= 15 is 0 Å². The van der Waals surface area contributed by atoms with Crippen molar-refractivity contribution in [1.29, 1.82) is 0 Å². The van der Waals surface area contributed by atoms with Gasteiger partial charge >= 0.3 is 0 Å². The first kappa shape index (κ1) is 24.4. The van der Waals surface area contributed by atoms with Crippen LogP contribution in [-0.4, -0.2) is 59.7 Å². The molecule has 1 N–H and O–H groups in total. The fraction of sp³-hybridized carbons (Fsp3) is 0.292. The summed E-state index contributed by atoms with van der Waals surface area (Å²) in [5, 5.41) is 13.5. The fourth-order valence-electron chi connectivity index (χ4n) is 3.80. The van der Waals surface area contributed by atoms with E-state index in [2.05, 4.69) is 5.32 Å². The van der Waals surface area contributed by atoms with Crippen LogP contribution in [0.2, 0.25) is 0 Å². The van der Waals surface area contributed by atoms with Crippen molar-refractivity contribution < 1.29 is 24.0 Å². The van der Waals surface area contributed by atoms with Gasteiger partial charge in [0.2, 0.25) is 5.91 Å². The number of aryl methyl sites for hydroxylation is 2. The summed E-state index contributed by atoms with van der Waals surface area (Å²) in [5.74, 6) is -1.11. The number of benzene rings is 2. The van der Waals surface area contributed by atoms with E-state index in [9.17, 15) is 24.5 Å². The van der Waals surface area contributed by atoms with Gasteiger partial charge < -0.3 is 15.0 Å². The van der Waals surface area contributed by atoms with Gasteiger partial charge in [0.05, 0.1) is 23.0 Å². The molecular formula is C24H24N4O6S. The summed E-state index contributed by atoms with van der Waals surface area (Å²) in [4.78, 5) is 51.9. The smallest absolute Gasteiger partial charge is 0.294 e. The van der Waals surface area contributed by atoms with Crippen LogP contribution in [0.3, 0.4) is 0 Å². The molecule has 2 aromatic carbocycles. The summed E-state index contributed by atoms with van der Waals surface area (Å²) in [6.45, 7) is 5.67. The molecule has 0 saturated carbocycles. The quantitative estimate of drug-likeness (QED) is 0.365. The van der Waals surface area contributed by atoms with E-state index in [1.165, 1.54) is 18.2 Å². The lowest BCUT2D eigenvalue weighted by Crippen LogP contribution is -2.36. The lowest BCUT2D eigenvalue weighted by atomic mass is 10.1. The van der Waals surface area contributed by atoms with Crippen LogP contribution in [0.1, 0.15) is 16.7 Å². The Morgan fingerprint density at radius 2 is 1.89 bits per heavy atom. The van der Waals surface area contributed by atoms with Gasteiger partial charge in [0.25, 0.3) is 16.8 Å². The Labute approximate surface area is 206 Å². The number of amides is 3. The average molecular weight is 497 g/mol. The summed E-state index contributed by atoms with van der Waals surface area (Å²) in [6, 6.07) is 9.87. The van der Waals surface area contributed by atoms with Gasteiger partial charge in [0.1, 0.15) is 6.54 Å². The van der Waals surface area contributed by atoms with Crippen molar-refractivity contribution in [1.82, 2.24) is 4.90 Å². The predicted molar refractivity (Wildman–Crippen MR) is 133 cm³/mol. The minimum atomic E-state index is -0.616. The number of nitro groups is 1. The van der Waals surface area contributed by atoms with Crippen LogP contribution in [0.25, 0.3) is 6.08 Å². The zero-order chi connectivity index (χ0) is 25.1. The Morgan fingerprint density at radius 3 is 2.57 bits per heavy atom. The maximum absolute atomic E-state index is 13.0. The molecule has 35 heavy (non-hydrogen) atoms. The molecule has 0 atom stereocenters. The highest BCUT2D eigenvalue weighted by Crippen LogP contribution is 2.35. The Hall–Kier alpha value is -3.70. The fourth-order valence-corrected chi connectivity index (χ4v) is 4.63. The first-order chi connectivity index (χ1) is 16.7. The van der Waals surface area contributed by atoms with E-state index in [0.29, 0.717) is 55.0 Å². The van der Waals surface area contributed by atoms with Crippen molar-refractivity contribution in [3.8, 4) is 0 Å². The van der Waals surface area contributed by atoms with Gasteiger partial charge in [-0.3, -0.25) is 29.4 Å².